The van der Waals surface area contributed by atoms with Crippen LogP contribution in [0.1, 0.15) is 11.1 Å². The number of hydrogen-bond donors (Lipinski definition) is 1. The summed E-state index contributed by atoms with van der Waals surface area (Å²) in [5.41, 5.74) is 2.91. The fourth-order valence-corrected chi connectivity index (χ4v) is 2.98. The largest absolute Gasteiger partial charge is 0.489 e. The molecule has 0 aliphatic carbocycles. The zero-order chi connectivity index (χ0) is 17.6. The highest BCUT2D eigenvalue weighted by atomic mass is 35.5. The van der Waals surface area contributed by atoms with E-state index < -0.39 is 0 Å². The topological polar surface area (TPSA) is 21.3 Å². The zero-order valence-corrected chi connectivity index (χ0v) is 15.6. The zero-order valence-electron chi connectivity index (χ0n) is 13.3. The predicted octanol–water partition coefficient (Wildman–Crippen LogP) is 6.84. The summed E-state index contributed by atoms with van der Waals surface area (Å²) >= 11 is 18.2. The van der Waals surface area contributed by atoms with Crippen molar-refractivity contribution in [2.75, 3.05) is 5.32 Å². The Morgan fingerprint density at radius 3 is 2.20 bits per heavy atom. The Hall–Kier alpha value is -1.87. The SMILES string of the molecule is Clc1ccc(NCc2cccc(OCc3c(Cl)cccc3Cl)c2)cc1. The molecule has 0 bridgehead atoms. The van der Waals surface area contributed by atoms with Crippen molar-refractivity contribution in [3.8, 4) is 5.75 Å². The highest BCUT2D eigenvalue weighted by molar-refractivity contribution is 6.35. The van der Waals surface area contributed by atoms with Crippen LogP contribution in [-0.2, 0) is 13.2 Å². The molecule has 2 nitrogen and oxygen atoms in total. The minimum atomic E-state index is 0.326. The molecule has 128 valence electrons. The summed E-state index contributed by atoms with van der Waals surface area (Å²) in [6, 6.07) is 20.9. The van der Waals surface area contributed by atoms with E-state index in [-0.39, 0.29) is 0 Å². The molecule has 0 saturated heterocycles. The lowest BCUT2D eigenvalue weighted by Gasteiger charge is -2.11. The molecule has 0 aliphatic heterocycles. The Morgan fingerprint density at radius 2 is 1.48 bits per heavy atom. The first-order chi connectivity index (χ1) is 12.1. The highest BCUT2D eigenvalue weighted by Gasteiger charge is 2.06. The Morgan fingerprint density at radius 1 is 0.800 bits per heavy atom. The smallest absolute Gasteiger partial charge is 0.120 e. The van der Waals surface area contributed by atoms with Crippen molar-refractivity contribution in [2.45, 2.75) is 13.2 Å². The lowest BCUT2D eigenvalue weighted by Crippen LogP contribution is -2.01. The number of ether oxygens (including phenoxy) is 1. The van der Waals surface area contributed by atoms with Crippen molar-refractivity contribution in [1.29, 1.82) is 0 Å². The lowest BCUT2D eigenvalue weighted by atomic mass is 10.2. The number of anilines is 1. The number of nitrogens with one attached hydrogen (secondary N) is 1. The highest BCUT2D eigenvalue weighted by Crippen LogP contribution is 2.26. The van der Waals surface area contributed by atoms with Crippen LogP contribution >= 0.6 is 34.8 Å². The Bertz CT molecular complexity index is 830. The summed E-state index contributed by atoms with van der Waals surface area (Å²) in [7, 11) is 0. The summed E-state index contributed by atoms with van der Waals surface area (Å²) in [4.78, 5) is 0. The van der Waals surface area contributed by atoms with E-state index in [2.05, 4.69) is 5.32 Å². The lowest BCUT2D eigenvalue weighted by molar-refractivity contribution is 0.306. The first-order valence-corrected chi connectivity index (χ1v) is 8.89. The molecule has 25 heavy (non-hydrogen) atoms. The maximum absolute atomic E-state index is 6.17. The molecular weight excluding hydrogens is 377 g/mol. The average Bonchev–Trinajstić information content (AvgIpc) is 2.61. The molecule has 5 heteroatoms. The van der Waals surface area contributed by atoms with Crippen LogP contribution in [0.4, 0.5) is 5.69 Å². The molecule has 0 atom stereocenters. The Kier molecular flexibility index (Phi) is 6.09. The van der Waals surface area contributed by atoms with Crippen molar-refractivity contribution in [2.24, 2.45) is 0 Å². The summed E-state index contributed by atoms with van der Waals surface area (Å²) in [6.07, 6.45) is 0. The van der Waals surface area contributed by atoms with E-state index in [0.717, 1.165) is 27.6 Å². The van der Waals surface area contributed by atoms with Crippen LogP contribution in [0.15, 0.2) is 66.7 Å². The van der Waals surface area contributed by atoms with Gasteiger partial charge >= 0.3 is 0 Å². The van der Waals surface area contributed by atoms with Gasteiger partial charge in [0.15, 0.2) is 0 Å². The van der Waals surface area contributed by atoms with Gasteiger partial charge in [0.1, 0.15) is 12.4 Å². The molecule has 3 aromatic carbocycles. The van der Waals surface area contributed by atoms with Crippen LogP contribution in [0.3, 0.4) is 0 Å². The van der Waals surface area contributed by atoms with E-state index in [1.54, 1.807) is 12.1 Å². The second-order valence-electron chi connectivity index (χ2n) is 5.50. The van der Waals surface area contributed by atoms with Gasteiger partial charge in [-0.15, -0.1) is 0 Å². The van der Waals surface area contributed by atoms with E-state index in [1.165, 1.54) is 0 Å². The normalized spacial score (nSPS) is 10.5. The fraction of sp³-hybridized carbons (Fsp3) is 0.100. The van der Waals surface area contributed by atoms with Gasteiger partial charge < -0.3 is 10.1 Å². The first-order valence-electron chi connectivity index (χ1n) is 7.76. The van der Waals surface area contributed by atoms with Gasteiger partial charge in [0.25, 0.3) is 0 Å². The van der Waals surface area contributed by atoms with E-state index in [0.29, 0.717) is 23.2 Å². The van der Waals surface area contributed by atoms with Gasteiger partial charge in [-0.1, -0.05) is 53.0 Å². The third-order valence-electron chi connectivity index (χ3n) is 3.68. The summed E-state index contributed by atoms with van der Waals surface area (Å²) in [5, 5.41) is 5.28. The minimum absolute atomic E-state index is 0.326. The molecule has 0 fully saturated rings. The number of halogens is 3. The fourth-order valence-electron chi connectivity index (χ4n) is 2.34. The Labute approximate surface area is 162 Å². The number of hydrogen-bond acceptors (Lipinski definition) is 2. The molecule has 0 amide bonds. The van der Waals surface area contributed by atoms with Gasteiger partial charge in [-0.25, -0.2) is 0 Å². The molecule has 3 aromatic rings. The van der Waals surface area contributed by atoms with Gasteiger partial charge in [0, 0.05) is 32.9 Å². The van der Waals surface area contributed by atoms with Crippen LogP contribution in [0, 0.1) is 0 Å². The van der Waals surface area contributed by atoms with Gasteiger partial charge in [-0.3, -0.25) is 0 Å². The maximum atomic E-state index is 6.17. The van der Waals surface area contributed by atoms with E-state index >= 15 is 0 Å². The molecule has 0 saturated carbocycles. The number of benzene rings is 3. The molecular formula is C20H16Cl3NO. The van der Waals surface area contributed by atoms with Crippen molar-refractivity contribution in [1.82, 2.24) is 0 Å². The summed E-state index contributed by atoms with van der Waals surface area (Å²) < 4.78 is 5.85. The second kappa shape index (κ2) is 8.48. The van der Waals surface area contributed by atoms with Crippen molar-refractivity contribution >= 4 is 40.5 Å². The second-order valence-corrected chi connectivity index (χ2v) is 6.75. The predicted molar refractivity (Wildman–Crippen MR) is 106 cm³/mol. The van der Waals surface area contributed by atoms with Gasteiger partial charge in [0.2, 0.25) is 0 Å². The third-order valence-corrected chi connectivity index (χ3v) is 4.64. The van der Waals surface area contributed by atoms with E-state index in [9.17, 15) is 0 Å². The third kappa shape index (κ3) is 5.05. The van der Waals surface area contributed by atoms with Crippen molar-refractivity contribution in [3.63, 3.8) is 0 Å². The Balaban J connectivity index is 1.62. The van der Waals surface area contributed by atoms with Crippen molar-refractivity contribution < 1.29 is 4.74 Å². The average molecular weight is 393 g/mol. The molecule has 0 spiro atoms. The van der Waals surface area contributed by atoms with E-state index in [1.807, 2.05) is 54.6 Å². The molecule has 0 unspecified atom stereocenters. The molecule has 0 aliphatic rings. The van der Waals surface area contributed by atoms with Gasteiger partial charge in [-0.2, -0.15) is 0 Å². The maximum Gasteiger partial charge on any atom is 0.120 e. The first kappa shape index (κ1) is 17.9. The van der Waals surface area contributed by atoms with Gasteiger partial charge in [-0.05, 0) is 54.1 Å². The quantitative estimate of drug-likeness (QED) is 0.496. The van der Waals surface area contributed by atoms with Crippen LogP contribution in [0.25, 0.3) is 0 Å². The summed E-state index contributed by atoms with van der Waals surface area (Å²) in [6.45, 7) is 1.01. The van der Waals surface area contributed by atoms with Crippen LogP contribution in [0.2, 0.25) is 15.1 Å². The number of rotatable bonds is 6. The molecule has 0 radical (unpaired) electrons. The monoisotopic (exact) mass is 391 g/mol. The molecule has 1 N–H and O–H groups in total. The molecule has 0 aromatic heterocycles. The van der Waals surface area contributed by atoms with Crippen molar-refractivity contribution in [3.05, 3.63) is 92.9 Å². The standard InChI is InChI=1S/C20H16Cl3NO/c21-15-7-9-16(10-8-15)24-12-14-3-1-4-17(11-14)25-13-18-19(22)5-2-6-20(18)23/h1-11,24H,12-13H2. The summed E-state index contributed by atoms with van der Waals surface area (Å²) in [5.74, 6) is 0.770. The van der Waals surface area contributed by atoms with Crippen LogP contribution in [0.5, 0.6) is 5.75 Å². The van der Waals surface area contributed by atoms with E-state index in [4.69, 9.17) is 39.5 Å². The van der Waals surface area contributed by atoms with Crippen LogP contribution < -0.4 is 10.1 Å². The van der Waals surface area contributed by atoms with Gasteiger partial charge in [0.05, 0.1) is 0 Å². The molecule has 3 rings (SSSR count). The molecule has 0 heterocycles. The van der Waals surface area contributed by atoms with Crippen LogP contribution in [-0.4, -0.2) is 0 Å². The minimum Gasteiger partial charge on any atom is -0.489 e.